The number of aromatic amines is 1. The van der Waals surface area contributed by atoms with Crippen molar-refractivity contribution in [1.82, 2.24) is 15.0 Å². The lowest BCUT2D eigenvalue weighted by Gasteiger charge is -2.24. The lowest BCUT2D eigenvalue weighted by molar-refractivity contribution is 0.258. The summed E-state index contributed by atoms with van der Waals surface area (Å²) in [5.74, 6) is 2.07. The molecule has 3 heterocycles. The van der Waals surface area contributed by atoms with Crippen molar-refractivity contribution in [3.8, 4) is 16.9 Å². The molecule has 1 aliphatic rings. The molecule has 5 heteroatoms. The van der Waals surface area contributed by atoms with Crippen LogP contribution in [0.3, 0.4) is 0 Å². The Morgan fingerprint density at radius 1 is 1.00 bits per heavy atom. The Labute approximate surface area is 155 Å². The van der Waals surface area contributed by atoms with Crippen molar-refractivity contribution in [2.75, 3.05) is 6.61 Å². The predicted octanol–water partition coefficient (Wildman–Crippen LogP) is 5.00. The molecule has 4 aromatic rings. The summed E-state index contributed by atoms with van der Waals surface area (Å²) in [5.41, 5.74) is 5.40. The highest BCUT2D eigenvalue weighted by molar-refractivity contribution is 6.30. The third-order valence-corrected chi connectivity index (χ3v) is 5.07. The molecule has 0 saturated carbocycles. The number of nitrogens with zero attached hydrogens (tertiary/aromatic N) is 2. The highest BCUT2D eigenvalue weighted by Crippen LogP contribution is 2.34. The molecule has 1 aliphatic heterocycles. The molecule has 4 nitrogen and oxygen atoms in total. The van der Waals surface area contributed by atoms with Crippen molar-refractivity contribution in [2.24, 2.45) is 0 Å². The molecular weight excluding hydrogens is 346 g/mol. The zero-order chi connectivity index (χ0) is 17.5. The Hall–Kier alpha value is -2.85. The van der Waals surface area contributed by atoms with Crippen LogP contribution in [-0.4, -0.2) is 21.6 Å². The van der Waals surface area contributed by atoms with E-state index in [4.69, 9.17) is 21.3 Å². The predicted molar refractivity (Wildman–Crippen MR) is 103 cm³/mol. The molecule has 2 aromatic carbocycles. The summed E-state index contributed by atoms with van der Waals surface area (Å²) < 4.78 is 5.91. The Morgan fingerprint density at radius 3 is 2.77 bits per heavy atom. The number of ether oxygens (including phenoxy) is 1. The summed E-state index contributed by atoms with van der Waals surface area (Å²) in [7, 11) is 0. The average Bonchev–Trinajstić information content (AvgIpc) is 3.11. The highest BCUT2D eigenvalue weighted by atomic mass is 35.5. The molecule has 5 rings (SSSR count). The van der Waals surface area contributed by atoms with E-state index in [0.717, 1.165) is 50.7 Å². The number of benzene rings is 2. The summed E-state index contributed by atoms with van der Waals surface area (Å²) in [6.07, 6.45) is 4.47. The van der Waals surface area contributed by atoms with Gasteiger partial charge in [-0.3, -0.25) is 4.98 Å². The molecule has 0 bridgehead atoms. The molecule has 1 unspecified atom stereocenters. The fourth-order valence-corrected chi connectivity index (χ4v) is 3.68. The van der Waals surface area contributed by atoms with Crippen LogP contribution in [0.15, 0.2) is 60.9 Å². The largest absolute Gasteiger partial charge is 0.493 e. The molecule has 0 spiro atoms. The molecule has 128 valence electrons. The van der Waals surface area contributed by atoms with E-state index in [0.29, 0.717) is 6.61 Å². The topological polar surface area (TPSA) is 50.8 Å². The summed E-state index contributed by atoms with van der Waals surface area (Å²) in [6.45, 7) is 0.617. The van der Waals surface area contributed by atoms with Crippen LogP contribution < -0.4 is 4.74 Å². The van der Waals surface area contributed by atoms with Gasteiger partial charge in [0.15, 0.2) is 0 Å². The van der Waals surface area contributed by atoms with Gasteiger partial charge in [-0.15, -0.1) is 0 Å². The van der Waals surface area contributed by atoms with Gasteiger partial charge in [-0.25, -0.2) is 4.98 Å². The summed E-state index contributed by atoms with van der Waals surface area (Å²) in [4.78, 5) is 12.4. The van der Waals surface area contributed by atoms with E-state index in [2.05, 4.69) is 28.2 Å². The Morgan fingerprint density at radius 2 is 1.88 bits per heavy atom. The lowest BCUT2D eigenvalue weighted by Crippen LogP contribution is -2.20. The fraction of sp³-hybridized carbons (Fsp3) is 0.143. The van der Waals surface area contributed by atoms with Gasteiger partial charge in [0.2, 0.25) is 0 Å². The van der Waals surface area contributed by atoms with Crippen LogP contribution in [0.2, 0.25) is 5.02 Å². The number of hydrogen-bond acceptors (Lipinski definition) is 3. The number of rotatable bonds is 2. The first-order valence-electron chi connectivity index (χ1n) is 8.57. The number of imidazole rings is 1. The normalized spacial score (nSPS) is 16.3. The van der Waals surface area contributed by atoms with Gasteiger partial charge in [-0.05, 0) is 65.6 Å². The highest BCUT2D eigenvalue weighted by Gasteiger charge is 2.24. The first-order chi connectivity index (χ1) is 12.8. The number of nitrogens with one attached hydrogen (secondary N) is 1. The van der Waals surface area contributed by atoms with Crippen molar-refractivity contribution in [3.63, 3.8) is 0 Å². The maximum absolute atomic E-state index is 6.13. The molecule has 0 aliphatic carbocycles. The second kappa shape index (κ2) is 6.15. The molecule has 1 atom stereocenters. The van der Waals surface area contributed by atoms with Gasteiger partial charge in [-0.2, -0.15) is 0 Å². The quantitative estimate of drug-likeness (QED) is 0.546. The zero-order valence-corrected chi connectivity index (χ0v) is 14.7. The van der Waals surface area contributed by atoms with E-state index in [-0.39, 0.29) is 5.92 Å². The van der Waals surface area contributed by atoms with Crippen LogP contribution in [0.4, 0.5) is 0 Å². The zero-order valence-electron chi connectivity index (χ0n) is 13.9. The summed E-state index contributed by atoms with van der Waals surface area (Å²) >= 11 is 6.13. The third-order valence-electron chi connectivity index (χ3n) is 4.83. The maximum atomic E-state index is 6.13. The van der Waals surface area contributed by atoms with Crippen LogP contribution in [-0.2, 0) is 6.42 Å². The number of pyridine rings is 1. The smallest absolute Gasteiger partial charge is 0.122 e. The first-order valence-corrected chi connectivity index (χ1v) is 8.95. The molecule has 1 N–H and O–H groups in total. The van der Waals surface area contributed by atoms with Crippen LogP contribution in [0.1, 0.15) is 17.3 Å². The minimum absolute atomic E-state index is 0.192. The van der Waals surface area contributed by atoms with Crippen molar-refractivity contribution in [2.45, 2.75) is 12.3 Å². The fourth-order valence-electron chi connectivity index (χ4n) is 3.48. The van der Waals surface area contributed by atoms with Gasteiger partial charge in [0, 0.05) is 17.4 Å². The van der Waals surface area contributed by atoms with Crippen molar-refractivity contribution >= 4 is 22.6 Å². The van der Waals surface area contributed by atoms with Crippen LogP contribution in [0, 0.1) is 0 Å². The summed E-state index contributed by atoms with van der Waals surface area (Å²) in [6, 6.07) is 16.1. The van der Waals surface area contributed by atoms with Gasteiger partial charge < -0.3 is 9.72 Å². The second-order valence-electron chi connectivity index (χ2n) is 6.55. The maximum Gasteiger partial charge on any atom is 0.122 e. The molecular formula is C21H16ClN3O. The molecule has 0 amide bonds. The number of aromatic nitrogens is 3. The molecule has 0 saturated heterocycles. The van der Waals surface area contributed by atoms with Crippen molar-refractivity contribution in [1.29, 1.82) is 0 Å². The van der Waals surface area contributed by atoms with Crippen molar-refractivity contribution < 1.29 is 4.74 Å². The number of H-pyrrole nitrogens is 1. The molecule has 0 radical (unpaired) electrons. The molecule has 2 aromatic heterocycles. The van der Waals surface area contributed by atoms with E-state index in [1.807, 2.05) is 30.3 Å². The number of hydrogen-bond donors (Lipinski definition) is 1. The van der Waals surface area contributed by atoms with Crippen LogP contribution in [0.5, 0.6) is 5.75 Å². The molecule has 26 heavy (non-hydrogen) atoms. The van der Waals surface area contributed by atoms with E-state index < -0.39 is 0 Å². The minimum Gasteiger partial charge on any atom is -0.493 e. The Balaban J connectivity index is 1.48. The summed E-state index contributed by atoms with van der Waals surface area (Å²) in [5, 5.41) is 0.736. The molecule has 0 fully saturated rings. The minimum atomic E-state index is 0.192. The van der Waals surface area contributed by atoms with Gasteiger partial charge in [0.05, 0.1) is 23.6 Å². The average molecular weight is 362 g/mol. The lowest BCUT2D eigenvalue weighted by atomic mass is 9.96. The monoisotopic (exact) mass is 361 g/mol. The number of fused-ring (bicyclic) bond motifs is 2. The third kappa shape index (κ3) is 2.72. The van der Waals surface area contributed by atoms with Crippen LogP contribution >= 0.6 is 11.6 Å². The van der Waals surface area contributed by atoms with Crippen molar-refractivity contribution in [3.05, 3.63) is 77.3 Å². The van der Waals surface area contributed by atoms with Crippen LogP contribution in [0.25, 0.3) is 22.2 Å². The Bertz CT molecular complexity index is 1090. The van der Waals surface area contributed by atoms with Gasteiger partial charge in [-0.1, -0.05) is 17.7 Å². The second-order valence-corrected chi connectivity index (χ2v) is 6.99. The van der Waals surface area contributed by atoms with E-state index in [1.54, 1.807) is 12.4 Å². The van der Waals surface area contributed by atoms with E-state index >= 15 is 0 Å². The number of halogens is 1. The first kappa shape index (κ1) is 15.4. The van der Waals surface area contributed by atoms with Gasteiger partial charge in [0.1, 0.15) is 11.6 Å². The van der Waals surface area contributed by atoms with E-state index in [9.17, 15) is 0 Å². The van der Waals surface area contributed by atoms with Gasteiger partial charge >= 0.3 is 0 Å². The Kier molecular flexibility index (Phi) is 3.64. The standard InChI is InChI=1S/C21H16ClN3O/c22-17-2-4-20-15(10-17)9-16(12-26-20)21-24-18-3-1-14(11-19(18)25-21)13-5-7-23-8-6-13/h1-8,10-11,16H,9,12H2,(H,24,25). The SMILES string of the molecule is Clc1ccc2c(c1)CC(c1nc3cc(-c4ccncc4)ccc3[nH]1)CO2. The van der Waals surface area contributed by atoms with Gasteiger partial charge in [0.25, 0.3) is 0 Å². The van der Waals surface area contributed by atoms with E-state index in [1.165, 1.54) is 0 Å².